The highest BCUT2D eigenvalue weighted by Gasteiger charge is 2.15. The first-order valence-corrected chi connectivity index (χ1v) is 5.06. The fraction of sp³-hybridized carbons (Fsp3) is 0.364. The molecule has 6 nitrogen and oxygen atoms in total. The third-order valence-electron chi connectivity index (χ3n) is 2.24. The van der Waals surface area contributed by atoms with Gasteiger partial charge in [0.15, 0.2) is 0 Å². The van der Waals surface area contributed by atoms with Gasteiger partial charge >= 0.3 is 0 Å². The van der Waals surface area contributed by atoms with Crippen LogP contribution in [0.3, 0.4) is 0 Å². The molecular formula is C11H15N3O3. The Labute approximate surface area is 98.8 Å². The summed E-state index contributed by atoms with van der Waals surface area (Å²) in [5.41, 5.74) is -0.0778. The summed E-state index contributed by atoms with van der Waals surface area (Å²) in [6.07, 6.45) is 1.40. The van der Waals surface area contributed by atoms with Gasteiger partial charge < -0.3 is 14.8 Å². The first kappa shape index (κ1) is 13.0. The van der Waals surface area contributed by atoms with Gasteiger partial charge in [0.25, 0.3) is 5.91 Å². The monoisotopic (exact) mass is 237 g/mol. The van der Waals surface area contributed by atoms with Gasteiger partial charge in [-0.25, -0.2) is 0 Å². The number of nitrogens with zero attached hydrogens (tertiary/aromatic N) is 2. The molecule has 0 aromatic carbocycles. The standard InChI is InChI=1S/C11H15N3O3/c1-13(2)10(16)7-14(3)11(17)8-4-5-12-9(15)6-8/h4-6H,7H2,1-3H3,(H,12,15). The van der Waals surface area contributed by atoms with Crippen LogP contribution < -0.4 is 5.56 Å². The highest BCUT2D eigenvalue weighted by molar-refractivity contribution is 5.96. The molecule has 0 spiro atoms. The molecule has 0 aliphatic heterocycles. The Bertz CT molecular complexity index is 479. The number of nitrogens with one attached hydrogen (secondary N) is 1. The van der Waals surface area contributed by atoms with Crippen molar-refractivity contribution >= 4 is 11.8 Å². The van der Waals surface area contributed by atoms with Gasteiger partial charge in [-0.1, -0.05) is 0 Å². The number of amides is 2. The maximum absolute atomic E-state index is 11.9. The molecule has 0 atom stereocenters. The predicted molar refractivity (Wildman–Crippen MR) is 62.7 cm³/mol. The maximum atomic E-state index is 11.9. The molecule has 17 heavy (non-hydrogen) atoms. The second-order valence-electron chi connectivity index (χ2n) is 3.89. The van der Waals surface area contributed by atoms with E-state index in [1.807, 2.05) is 0 Å². The average Bonchev–Trinajstić information content (AvgIpc) is 2.27. The van der Waals surface area contributed by atoms with Crippen LogP contribution in [0.25, 0.3) is 0 Å². The van der Waals surface area contributed by atoms with Crippen LogP contribution in [0, 0.1) is 0 Å². The number of carbonyl (C=O) groups excluding carboxylic acids is 2. The molecule has 0 saturated carbocycles. The first-order chi connectivity index (χ1) is 7.91. The second-order valence-corrected chi connectivity index (χ2v) is 3.89. The number of carbonyl (C=O) groups is 2. The Balaban J connectivity index is 2.77. The summed E-state index contributed by atoms with van der Waals surface area (Å²) in [7, 11) is 4.76. The largest absolute Gasteiger partial charge is 0.347 e. The van der Waals surface area contributed by atoms with E-state index in [1.54, 1.807) is 14.1 Å². The quantitative estimate of drug-likeness (QED) is 0.772. The van der Waals surface area contributed by atoms with Crippen molar-refractivity contribution in [2.45, 2.75) is 0 Å². The van der Waals surface area contributed by atoms with Crippen LogP contribution in [0.4, 0.5) is 0 Å². The summed E-state index contributed by atoms with van der Waals surface area (Å²) in [5.74, 6) is -0.531. The smallest absolute Gasteiger partial charge is 0.254 e. The van der Waals surface area contributed by atoms with E-state index in [0.717, 1.165) is 0 Å². The Morgan fingerprint density at radius 1 is 1.29 bits per heavy atom. The molecule has 1 N–H and O–H groups in total. The predicted octanol–water partition coefficient (Wildman–Crippen LogP) is -0.465. The van der Waals surface area contributed by atoms with Crippen molar-refractivity contribution in [2.75, 3.05) is 27.7 Å². The van der Waals surface area contributed by atoms with Crippen molar-refractivity contribution in [2.24, 2.45) is 0 Å². The summed E-state index contributed by atoms with van der Waals surface area (Å²) in [5, 5.41) is 0. The normalized spacial score (nSPS) is 9.82. The fourth-order valence-electron chi connectivity index (χ4n) is 1.21. The van der Waals surface area contributed by atoms with Crippen LogP contribution in [0.1, 0.15) is 10.4 Å². The molecule has 6 heteroatoms. The number of likely N-dealkylation sites (N-methyl/N-ethyl adjacent to an activating group) is 2. The molecule has 0 fully saturated rings. The number of H-pyrrole nitrogens is 1. The van der Waals surface area contributed by atoms with Crippen LogP contribution in [0.5, 0.6) is 0 Å². The number of aromatic nitrogens is 1. The van der Waals surface area contributed by atoms with Gasteiger partial charge in [-0.15, -0.1) is 0 Å². The molecule has 0 radical (unpaired) electrons. The molecule has 1 heterocycles. The van der Waals surface area contributed by atoms with E-state index in [9.17, 15) is 14.4 Å². The molecular weight excluding hydrogens is 222 g/mol. The molecule has 0 aliphatic carbocycles. The van der Waals surface area contributed by atoms with Crippen LogP contribution >= 0.6 is 0 Å². The van der Waals surface area contributed by atoms with Gasteiger partial charge in [-0.2, -0.15) is 0 Å². The molecule has 1 aromatic heterocycles. The minimum atomic E-state index is -0.355. The van der Waals surface area contributed by atoms with Crippen LogP contribution in [0.15, 0.2) is 23.1 Å². The fourth-order valence-corrected chi connectivity index (χ4v) is 1.21. The highest BCUT2D eigenvalue weighted by Crippen LogP contribution is 1.99. The molecule has 92 valence electrons. The lowest BCUT2D eigenvalue weighted by atomic mass is 10.2. The molecule has 2 amide bonds. The van der Waals surface area contributed by atoms with Crippen molar-refractivity contribution in [3.63, 3.8) is 0 Å². The van der Waals surface area contributed by atoms with E-state index in [2.05, 4.69) is 4.98 Å². The Morgan fingerprint density at radius 3 is 2.47 bits per heavy atom. The first-order valence-electron chi connectivity index (χ1n) is 5.06. The van der Waals surface area contributed by atoms with Crippen LogP contribution in [-0.2, 0) is 4.79 Å². The SMILES string of the molecule is CN(C)C(=O)CN(C)C(=O)c1cc[nH]c(=O)c1. The maximum Gasteiger partial charge on any atom is 0.254 e. The van der Waals surface area contributed by atoms with Gasteiger partial charge in [0.05, 0.1) is 6.54 Å². The Hall–Kier alpha value is -2.11. The van der Waals surface area contributed by atoms with Crippen molar-refractivity contribution in [1.29, 1.82) is 0 Å². The number of hydrogen-bond donors (Lipinski definition) is 1. The lowest BCUT2D eigenvalue weighted by Crippen LogP contribution is -2.38. The van der Waals surface area contributed by atoms with Crippen LogP contribution in [-0.4, -0.2) is 54.3 Å². The number of aromatic amines is 1. The average molecular weight is 237 g/mol. The zero-order valence-corrected chi connectivity index (χ0v) is 10.1. The molecule has 0 bridgehead atoms. The lowest BCUT2D eigenvalue weighted by Gasteiger charge is -2.19. The highest BCUT2D eigenvalue weighted by atomic mass is 16.2. The van der Waals surface area contributed by atoms with Gasteiger partial charge in [-0.3, -0.25) is 14.4 Å². The summed E-state index contributed by atoms with van der Waals surface area (Å²) >= 11 is 0. The molecule has 0 saturated heterocycles. The summed E-state index contributed by atoms with van der Waals surface area (Å²) in [4.78, 5) is 39.4. The molecule has 0 aliphatic rings. The lowest BCUT2D eigenvalue weighted by molar-refractivity contribution is -0.129. The van der Waals surface area contributed by atoms with Crippen LogP contribution in [0.2, 0.25) is 0 Å². The van der Waals surface area contributed by atoms with E-state index in [-0.39, 0.29) is 29.5 Å². The van der Waals surface area contributed by atoms with Crippen molar-refractivity contribution in [3.05, 3.63) is 34.2 Å². The molecule has 1 rings (SSSR count). The number of pyridine rings is 1. The van der Waals surface area contributed by atoms with E-state index in [1.165, 1.54) is 35.2 Å². The van der Waals surface area contributed by atoms with Crippen molar-refractivity contribution in [1.82, 2.24) is 14.8 Å². The van der Waals surface area contributed by atoms with Gasteiger partial charge in [0, 0.05) is 39.0 Å². The Kier molecular flexibility index (Phi) is 4.03. The van der Waals surface area contributed by atoms with Crippen molar-refractivity contribution < 1.29 is 9.59 Å². The minimum absolute atomic E-state index is 0.0152. The zero-order valence-electron chi connectivity index (χ0n) is 10.1. The minimum Gasteiger partial charge on any atom is -0.347 e. The summed E-state index contributed by atoms with van der Waals surface area (Å²) in [6, 6.07) is 2.71. The van der Waals surface area contributed by atoms with Gasteiger partial charge in [-0.05, 0) is 6.07 Å². The summed E-state index contributed by atoms with van der Waals surface area (Å²) < 4.78 is 0. The van der Waals surface area contributed by atoms with E-state index < -0.39 is 0 Å². The number of rotatable bonds is 3. The van der Waals surface area contributed by atoms with E-state index in [4.69, 9.17) is 0 Å². The molecule has 0 unspecified atom stereocenters. The topological polar surface area (TPSA) is 73.5 Å². The van der Waals surface area contributed by atoms with Gasteiger partial charge in [0.2, 0.25) is 11.5 Å². The third-order valence-corrected chi connectivity index (χ3v) is 2.24. The van der Waals surface area contributed by atoms with Gasteiger partial charge in [0.1, 0.15) is 0 Å². The Morgan fingerprint density at radius 2 is 1.94 bits per heavy atom. The second kappa shape index (κ2) is 5.29. The summed E-state index contributed by atoms with van der Waals surface area (Å²) in [6.45, 7) is -0.0152. The molecule has 1 aromatic rings. The number of hydrogen-bond acceptors (Lipinski definition) is 3. The van der Waals surface area contributed by atoms with E-state index >= 15 is 0 Å². The van der Waals surface area contributed by atoms with E-state index in [0.29, 0.717) is 0 Å². The third kappa shape index (κ3) is 3.44. The van der Waals surface area contributed by atoms with Crippen molar-refractivity contribution in [3.8, 4) is 0 Å². The zero-order chi connectivity index (χ0) is 13.0.